The van der Waals surface area contributed by atoms with E-state index in [1.165, 1.54) is 0 Å². The molecule has 0 saturated heterocycles. The molecule has 1 fully saturated rings. The lowest BCUT2D eigenvalue weighted by atomic mass is 10.3. The Labute approximate surface area is 68.2 Å². The minimum atomic E-state index is -2.97. The third kappa shape index (κ3) is 3.72. The lowest BCUT2D eigenvalue weighted by Gasteiger charge is -2.06. The van der Waals surface area contributed by atoms with Crippen LogP contribution in [0, 0.1) is 5.92 Å². The van der Waals surface area contributed by atoms with Crippen LogP contribution in [0.3, 0.4) is 0 Å². The highest BCUT2D eigenvalue weighted by Gasteiger charge is 2.26. The van der Waals surface area contributed by atoms with Crippen LogP contribution in [0.1, 0.15) is 26.7 Å². The Bertz CT molecular complexity index is 207. The molecule has 1 saturated carbocycles. The van der Waals surface area contributed by atoms with Gasteiger partial charge in [-0.1, -0.05) is 13.8 Å². The van der Waals surface area contributed by atoms with Crippen LogP contribution in [-0.2, 0) is 10.0 Å². The van der Waals surface area contributed by atoms with Gasteiger partial charge in [0.2, 0.25) is 10.0 Å². The molecule has 0 bridgehead atoms. The molecule has 0 amide bonds. The van der Waals surface area contributed by atoms with Crippen LogP contribution in [0.2, 0.25) is 0 Å². The van der Waals surface area contributed by atoms with Crippen molar-refractivity contribution in [3.05, 3.63) is 0 Å². The molecular weight excluding hydrogens is 162 g/mol. The molecule has 0 aromatic heterocycles. The summed E-state index contributed by atoms with van der Waals surface area (Å²) in [6.07, 6.45) is 2.02. The fourth-order valence-corrected chi connectivity index (χ4v) is 2.66. The first kappa shape index (κ1) is 9.00. The van der Waals surface area contributed by atoms with Gasteiger partial charge < -0.3 is 0 Å². The highest BCUT2D eigenvalue weighted by molar-refractivity contribution is 7.89. The SMILES string of the molecule is CC(C)CS(=O)(=O)NC1CC1. The van der Waals surface area contributed by atoms with Gasteiger partial charge >= 0.3 is 0 Å². The first-order chi connectivity index (χ1) is 4.99. The molecule has 1 N–H and O–H groups in total. The first-order valence-electron chi connectivity index (χ1n) is 3.99. The van der Waals surface area contributed by atoms with Gasteiger partial charge in [-0.25, -0.2) is 13.1 Å². The van der Waals surface area contributed by atoms with Crippen molar-refractivity contribution in [3.8, 4) is 0 Å². The summed E-state index contributed by atoms with van der Waals surface area (Å²) >= 11 is 0. The van der Waals surface area contributed by atoms with Crippen molar-refractivity contribution in [3.63, 3.8) is 0 Å². The fourth-order valence-electron chi connectivity index (χ4n) is 0.942. The Morgan fingerprint density at radius 3 is 2.36 bits per heavy atom. The van der Waals surface area contributed by atoms with Crippen molar-refractivity contribution < 1.29 is 8.42 Å². The third-order valence-electron chi connectivity index (χ3n) is 1.48. The lowest BCUT2D eigenvalue weighted by Crippen LogP contribution is -2.30. The van der Waals surface area contributed by atoms with Crippen LogP contribution >= 0.6 is 0 Å². The zero-order valence-electron chi connectivity index (χ0n) is 7.00. The second kappa shape index (κ2) is 3.11. The van der Waals surface area contributed by atoms with Crippen LogP contribution in [-0.4, -0.2) is 20.2 Å². The maximum atomic E-state index is 11.2. The van der Waals surface area contributed by atoms with Gasteiger partial charge in [0, 0.05) is 6.04 Å². The van der Waals surface area contributed by atoms with Gasteiger partial charge in [-0.05, 0) is 18.8 Å². The van der Waals surface area contributed by atoms with E-state index >= 15 is 0 Å². The molecule has 4 heteroatoms. The molecular formula is C7H15NO2S. The molecule has 1 rings (SSSR count). The van der Waals surface area contributed by atoms with Crippen molar-refractivity contribution >= 4 is 10.0 Å². The van der Waals surface area contributed by atoms with Gasteiger partial charge in [0.05, 0.1) is 5.75 Å². The lowest BCUT2D eigenvalue weighted by molar-refractivity contribution is 0.567. The third-order valence-corrected chi connectivity index (χ3v) is 3.27. The van der Waals surface area contributed by atoms with Gasteiger partial charge in [-0.3, -0.25) is 0 Å². The summed E-state index contributed by atoms with van der Waals surface area (Å²) in [6, 6.07) is 0.249. The molecule has 1 aliphatic carbocycles. The van der Waals surface area contributed by atoms with E-state index in [-0.39, 0.29) is 17.7 Å². The first-order valence-corrected chi connectivity index (χ1v) is 5.65. The highest BCUT2D eigenvalue weighted by atomic mass is 32.2. The zero-order valence-corrected chi connectivity index (χ0v) is 7.82. The highest BCUT2D eigenvalue weighted by Crippen LogP contribution is 2.20. The molecule has 0 spiro atoms. The molecule has 0 unspecified atom stereocenters. The largest absolute Gasteiger partial charge is 0.212 e. The minimum absolute atomic E-state index is 0.214. The quantitative estimate of drug-likeness (QED) is 0.688. The fraction of sp³-hybridized carbons (Fsp3) is 1.00. The van der Waals surface area contributed by atoms with Gasteiger partial charge in [0.1, 0.15) is 0 Å². The summed E-state index contributed by atoms with van der Waals surface area (Å²) in [5, 5.41) is 0. The molecule has 0 aromatic rings. The van der Waals surface area contributed by atoms with Crippen LogP contribution in [0.15, 0.2) is 0 Å². The van der Waals surface area contributed by atoms with Gasteiger partial charge in [0.15, 0.2) is 0 Å². The average molecular weight is 177 g/mol. The Hall–Kier alpha value is -0.0900. The number of hydrogen-bond donors (Lipinski definition) is 1. The Kier molecular flexibility index (Phi) is 2.54. The van der Waals surface area contributed by atoms with Crippen LogP contribution in [0.4, 0.5) is 0 Å². The van der Waals surface area contributed by atoms with Crippen molar-refractivity contribution in [1.29, 1.82) is 0 Å². The smallest absolute Gasteiger partial charge is 0.212 e. The number of nitrogens with one attached hydrogen (secondary N) is 1. The Morgan fingerprint density at radius 1 is 1.45 bits per heavy atom. The summed E-state index contributed by atoms with van der Waals surface area (Å²) in [7, 11) is -2.97. The van der Waals surface area contributed by atoms with Crippen molar-refractivity contribution in [1.82, 2.24) is 4.72 Å². The second-order valence-corrected chi connectivity index (χ2v) is 5.37. The molecule has 0 aromatic carbocycles. The average Bonchev–Trinajstić information content (AvgIpc) is 2.43. The maximum Gasteiger partial charge on any atom is 0.212 e. The summed E-state index contributed by atoms with van der Waals surface area (Å²) in [5.41, 5.74) is 0. The molecule has 3 nitrogen and oxygen atoms in total. The molecule has 0 aliphatic heterocycles. The number of hydrogen-bond acceptors (Lipinski definition) is 2. The molecule has 0 atom stereocenters. The van der Waals surface area contributed by atoms with E-state index in [0.29, 0.717) is 0 Å². The van der Waals surface area contributed by atoms with Crippen molar-refractivity contribution in [2.45, 2.75) is 32.7 Å². The van der Waals surface area contributed by atoms with E-state index < -0.39 is 10.0 Å². The molecule has 0 heterocycles. The Morgan fingerprint density at radius 2 is 2.00 bits per heavy atom. The minimum Gasteiger partial charge on any atom is -0.212 e. The molecule has 66 valence electrons. The van der Waals surface area contributed by atoms with E-state index in [1.54, 1.807) is 0 Å². The van der Waals surface area contributed by atoms with Crippen LogP contribution < -0.4 is 4.72 Å². The summed E-state index contributed by atoms with van der Waals surface area (Å²) in [6.45, 7) is 3.82. The predicted octanol–water partition coefficient (Wildman–Crippen LogP) is 0.724. The number of rotatable bonds is 4. The van der Waals surface area contributed by atoms with E-state index in [2.05, 4.69) is 4.72 Å². The summed E-state index contributed by atoms with van der Waals surface area (Å²) in [5.74, 6) is 0.468. The van der Waals surface area contributed by atoms with Gasteiger partial charge in [-0.2, -0.15) is 0 Å². The summed E-state index contributed by atoms with van der Waals surface area (Å²) in [4.78, 5) is 0. The van der Waals surface area contributed by atoms with E-state index in [9.17, 15) is 8.42 Å². The van der Waals surface area contributed by atoms with Gasteiger partial charge in [0.25, 0.3) is 0 Å². The van der Waals surface area contributed by atoms with Crippen LogP contribution in [0.25, 0.3) is 0 Å². The Balaban J connectivity index is 2.38. The molecule has 0 radical (unpaired) electrons. The zero-order chi connectivity index (χ0) is 8.48. The normalized spacial score (nSPS) is 19.2. The van der Waals surface area contributed by atoms with Crippen molar-refractivity contribution in [2.24, 2.45) is 5.92 Å². The van der Waals surface area contributed by atoms with E-state index in [0.717, 1.165) is 12.8 Å². The number of sulfonamides is 1. The maximum absolute atomic E-state index is 11.2. The van der Waals surface area contributed by atoms with Crippen molar-refractivity contribution in [2.75, 3.05) is 5.75 Å². The second-order valence-electron chi connectivity index (χ2n) is 3.57. The van der Waals surface area contributed by atoms with Crippen LogP contribution in [0.5, 0.6) is 0 Å². The summed E-state index contributed by atoms with van der Waals surface area (Å²) < 4.78 is 25.0. The predicted molar refractivity (Wildman–Crippen MR) is 44.8 cm³/mol. The standard InChI is InChI=1S/C7H15NO2S/c1-6(2)5-11(9,10)8-7-3-4-7/h6-8H,3-5H2,1-2H3. The molecule has 1 aliphatic rings. The molecule has 11 heavy (non-hydrogen) atoms. The van der Waals surface area contributed by atoms with E-state index in [4.69, 9.17) is 0 Å². The van der Waals surface area contributed by atoms with E-state index in [1.807, 2.05) is 13.8 Å². The monoisotopic (exact) mass is 177 g/mol. The topological polar surface area (TPSA) is 46.2 Å². The van der Waals surface area contributed by atoms with Gasteiger partial charge in [-0.15, -0.1) is 0 Å².